The van der Waals surface area contributed by atoms with Gasteiger partial charge in [0.2, 0.25) is 0 Å². The molecule has 0 radical (unpaired) electrons. The molecule has 79 heavy (non-hydrogen) atoms. The zero-order chi connectivity index (χ0) is 52.9. The topological polar surface area (TPSA) is 40.6 Å². The first-order valence-corrected chi connectivity index (χ1v) is 27.2. The summed E-state index contributed by atoms with van der Waals surface area (Å²) in [5.41, 5.74) is 25.1. The lowest BCUT2D eigenvalue weighted by molar-refractivity contribution is 1.15. The smallest absolute Gasteiger partial charge is 0.160 e. The van der Waals surface area contributed by atoms with E-state index in [-0.39, 0.29) is 0 Å². The zero-order valence-electron chi connectivity index (χ0n) is 44.4. The van der Waals surface area contributed by atoms with Gasteiger partial charge < -0.3 is 13.7 Å². The van der Waals surface area contributed by atoms with Crippen molar-refractivity contribution >= 4 is 65.4 Å². The Balaban J connectivity index is 0.808. The van der Waals surface area contributed by atoms with Gasteiger partial charge in [-0.2, -0.15) is 0 Å². The maximum Gasteiger partial charge on any atom is 0.160 e. The fourth-order valence-corrected chi connectivity index (χ4v) is 12.6. The molecule has 0 saturated heterocycles. The van der Waals surface area contributed by atoms with E-state index in [1.165, 1.54) is 98.8 Å². The molecular weight excluding hydrogens is 959 g/mol. The van der Waals surface area contributed by atoms with E-state index in [2.05, 4.69) is 290 Å². The van der Waals surface area contributed by atoms with Crippen LogP contribution in [0, 0.1) is 27.7 Å². The number of aromatic nitrogens is 5. The molecule has 11 aromatic carbocycles. The Morgan fingerprint density at radius 3 is 1.10 bits per heavy atom. The number of fused-ring (bicyclic) bond motifs is 9. The molecule has 5 nitrogen and oxygen atoms in total. The van der Waals surface area contributed by atoms with Crippen LogP contribution in [0.5, 0.6) is 0 Å². The van der Waals surface area contributed by atoms with Crippen LogP contribution in [0.2, 0.25) is 0 Å². The van der Waals surface area contributed by atoms with Crippen LogP contribution in [0.15, 0.2) is 249 Å². The van der Waals surface area contributed by atoms with Crippen LogP contribution in [-0.4, -0.2) is 23.7 Å². The highest BCUT2D eigenvalue weighted by Crippen LogP contribution is 2.41. The molecule has 374 valence electrons. The van der Waals surface area contributed by atoms with E-state index in [1.807, 2.05) is 0 Å². The molecule has 0 aliphatic heterocycles. The lowest BCUT2D eigenvalue weighted by Crippen LogP contribution is -1.99. The van der Waals surface area contributed by atoms with Crippen LogP contribution >= 0.6 is 0 Å². The summed E-state index contributed by atoms with van der Waals surface area (Å²) in [6, 6.07) is 90.8. The van der Waals surface area contributed by atoms with Gasteiger partial charge in [0, 0.05) is 66.1 Å². The molecule has 4 aromatic heterocycles. The average Bonchev–Trinajstić information content (AvgIpc) is 4.34. The fourth-order valence-electron chi connectivity index (χ4n) is 12.6. The summed E-state index contributed by atoms with van der Waals surface area (Å²) in [7, 11) is 0. The summed E-state index contributed by atoms with van der Waals surface area (Å²) in [6.07, 6.45) is 0. The summed E-state index contributed by atoms with van der Waals surface area (Å²) >= 11 is 0. The van der Waals surface area contributed by atoms with Gasteiger partial charge in [0.05, 0.1) is 44.5 Å². The van der Waals surface area contributed by atoms with Gasteiger partial charge in [-0.1, -0.05) is 169 Å². The largest absolute Gasteiger partial charge is 0.309 e. The van der Waals surface area contributed by atoms with Crippen molar-refractivity contribution in [2.45, 2.75) is 27.7 Å². The molecule has 0 N–H and O–H groups in total. The van der Waals surface area contributed by atoms with E-state index in [0.717, 1.165) is 62.1 Å². The lowest BCUT2D eigenvalue weighted by Gasteiger charge is -2.16. The van der Waals surface area contributed by atoms with Crippen molar-refractivity contribution in [1.29, 1.82) is 0 Å². The van der Waals surface area contributed by atoms with Crippen molar-refractivity contribution in [2.24, 2.45) is 0 Å². The highest BCUT2D eigenvalue weighted by atomic mass is 15.0. The molecule has 0 amide bonds. The van der Waals surface area contributed by atoms with E-state index >= 15 is 0 Å². The summed E-state index contributed by atoms with van der Waals surface area (Å²) in [6.45, 7) is 8.75. The van der Waals surface area contributed by atoms with Crippen LogP contribution in [0.25, 0.3) is 139 Å². The first kappa shape index (κ1) is 46.2. The molecular formula is C74H53N5. The second-order valence-electron chi connectivity index (χ2n) is 21.3. The Kier molecular flexibility index (Phi) is 10.7. The lowest BCUT2D eigenvalue weighted by atomic mass is 9.93. The van der Waals surface area contributed by atoms with Crippen LogP contribution in [0.4, 0.5) is 0 Å². The van der Waals surface area contributed by atoms with Gasteiger partial charge in [-0.05, 0) is 152 Å². The van der Waals surface area contributed by atoms with E-state index in [9.17, 15) is 0 Å². The third-order valence-electron chi connectivity index (χ3n) is 16.2. The molecule has 4 heterocycles. The Morgan fingerprint density at radius 2 is 0.633 bits per heavy atom. The summed E-state index contributed by atoms with van der Waals surface area (Å²) < 4.78 is 7.33. The van der Waals surface area contributed by atoms with Crippen LogP contribution in [0.1, 0.15) is 22.3 Å². The van der Waals surface area contributed by atoms with Gasteiger partial charge in [-0.25, -0.2) is 9.97 Å². The Morgan fingerprint density at radius 1 is 0.253 bits per heavy atom. The number of aryl methyl sites for hydroxylation is 4. The summed E-state index contributed by atoms with van der Waals surface area (Å²) in [4.78, 5) is 10.2. The minimum absolute atomic E-state index is 0.723. The molecule has 0 unspecified atom stereocenters. The highest BCUT2D eigenvalue weighted by molar-refractivity contribution is 6.14. The minimum Gasteiger partial charge on any atom is -0.309 e. The van der Waals surface area contributed by atoms with E-state index in [0.29, 0.717) is 0 Å². The molecule has 0 bridgehead atoms. The van der Waals surface area contributed by atoms with Crippen molar-refractivity contribution in [2.75, 3.05) is 0 Å². The molecule has 0 aliphatic rings. The van der Waals surface area contributed by atoms with Gasteiger partial charge in [-0.3, -0.25) is 0 Å². The SMILES string of the molecule is Cc1cccc(-c2cc(-c3ccc(-c4ccc(-c5c(C)cc(-n6c7ccc(-n8c9ccccc9c9ccccc98)cc7c7cc(-n8c9ccccc9c9ccccc98)ccc76)cc5C)cc4)cc3)nc(-c3cccc(C)c3)n2)c1. The first-order valence-electron chi connectivity index (χ1n) is 27.2. The third kappa shape index (κ3) is 7.68. The molecule has 5 heteroatoms. The van der Waals surface area contributed by atoms with Crippen molar-refractivity contribution in [3.63, 3.8) is 0 Å². The maximum atomic E-state index is 5.13. The van der Waals surface area contributed by atoms with Gasteiger partial charge >= 0.3 is 0 Å². The summed E-state index contributed by atoms with van der Waals surface area (Å²) in [5.74, 6) is 0.723. The maximum absolute atomic E-state index is 5.13. The molecule has 0 aliphatic carbocycles. The normalized spacial score (nSPS) is 11.8. The van der Waals surface area contributed by atoms with Crippen molar-refractivity contribution in [3.05, 3.63) is 271 Å². The molecule has 15 rings (SSSR count). The van der Waals surface area contributed by atoms with E-state index in [4.69, 9.17) is 9.97 Å². The Hall–Kier alpha value is -10.1. The number of nitrogens with zero attached hydrogens (tertiary/aromatic N) is 5. The molecule has 0 saturated carbocycles. The molecule has 0 fully saturated rings. The van der Waals surface area contributed by atoms with Crippen LogP contribution in [0.3, 0.4) is 0 Å². The molecule has 0 atom stereocenters. The third-order valence-corrected chi connectivity index (χ3v) is 16.2. The zero-order valence-corrected chi connectivity index (χ0v) is 44.4. The van der Waals surface area contributed by atoms with Crippen LogP contribution in [-0.2, 0) is 0 Å². The quantitative estimate of drug-likeness (QED) is 0.152. The fraction of sp³-hybridized carbons (Fsp3) is 0.0541. The molecule has 15 aromatic rings. The first-order chi connectivity index (χ1) is 38.8. The predicted molar refractivity (Wildman–Crippen MR) is 331 cm³/mol. The standard InChI is InChI=1S/C74H53N5/c1-46-15-13-17-54(39-46)66-45-65(75-74(76-66)55-18-14-16-47(2)40-55)52-31-27-50(28-32-52)51-29-33-53(34-30-51)73-48(3)41-58(42-49(73)4)79-71-37-35-56(77-67-23-9-5-19-59(67)60-20-6-10-24-68(60)77)43-63(71)64-44-57(36-38-72(64)79)78-69-25-11-7-21-61(69)62-22-8-12-26-70(62)78/h5-45H,1-4H3. The predicted octanol–water partition coefficient (Wildman–Crippen LogP) is 19.3. The average molecular weight is 1010 g/mol. The van der Waals surface area contributed by atoms with Gasteiger partial charge in [0.15, 0.2) is 5.82 Å². The number of hydrogen-bond acceptors (Lipinski definition) is 2. The van der Waals surface area contributed by atoms with E-state index in [1.54, 1.807) is 0 Å². The second-order valence-corrected chi connectivity index (χ2v) is 21.3. The summed E-state index contributed by atoms with van der Waals surface area (Å²) in [5, 5.41) is 7.43. The Bertz CT molecular complexity index is 4570. The monoisotopic (exact) mass is 1010 g/mol. The Labute approximate surface area is 458 Å². The molecule has 0 spiro atoms. The minimum atomic E-state index is 0.723. The van der Waals surface area contributed by atoms with E-state index < -0.39 is 0 Å². The van der Waals surface area contributed by atoms with Crippen molar-refractivity contribution in [1.82, 2.24) is 23.7 Å². The van der Waals surface area contributed by atoms with Crippen molar-refractivity contribution in [3.8, 4) is 73.2 Å². The highest BCUT2D eigenvalue weighted by Gasteiger charge is 2.21. The van der Waals surface area contributed by atoms with Crippen LogP contribution < -0.4 is 0 Å². The van der Waals surface area contributed by atoms with Gasteiger partial charge in [0.25, 0.3) is 0 Å². The number of rotatable bonds is 8. The van der Waals surface area contributed by atoms with Gasteiger partial charge in [0.1, 0.15) is 0 Å². The number of benzene rings is 11. The second kappa shape index (κ2) is 18.3. The number of hydrogen-bond donors (Lipinski definition) is 0. The van der Waals surface area contributed by atoms with Gasteiger partial charge in [-0.15, -0.1) is 0 Å². The van der Waals surface area contributed by atoms with Crippen molar-refractivity contribution < 1.29 is 0 Å². The number of para-hydroxylation sites is 4.